The summed E-state index contributed by atoms with van der Waals surface area (Å²) in [7, 11) is 0. The van der Waals surface area contributed by atoms with Crippen molar-refractivity contribution in [1.29, 1.82) is 0 Å². The Hall–Kier alpha value is -2.24. The number of rotatable bonds is 5. The third-order valence-corrected chi connectivity index (χ3v) is 2.40. The van der Waals surface area contributed by atoms with E-state index < -0.39 is 0 Å². The van der Waals surface area contributed by atoms with E-state index in [-0.39, 0.29) is 5.91 Å². The molecule has 1 aromatic heterocycles. The predicted octanol–water partition coefficient (Wildman–Crippen LogP) is 0.822. The lowest BCUT2D eigenvalue weighted by Crippen LogP contribution is -2.12. The molecule has 0 fully saturated rings. The van der Waals surface area contributed by atoms with Crippen molar-refractivity contribution in [2.75, 3.05) is 17.6 Å². The number of benzene rings is 1. The van der Waals surface area contributed by atoms with E-state index in [1.54, 1.807) is 6.07 Å². The van der Waals surface area contributed by atoms with Gasteiger partial charge in [0.15, 0.2) is 0 Å². The Morgan fingerprint density at radius 2 is 2.29 bits per heavy atom. The summed E-state index contributed by atoms with van der Waals surface area (Å²) in [5.74, 6) is 0.388. The van der Waals surface area contributed by atoms with Gasteiger partial charge in [0.2, 0.25) is 11.9 Å². The number of nitrogens with zero attached hydrogens (tertiary/aromatic N) is 1. The Labute approximate surface area is 98.4 Å². The fraction of sp³-hybridized carbons (Fsp3) is 0.273. The van der Waals surface area contributed by atoms with E-state index in [0.29, 0.717) is 31.0 Å². The zero-order chi connectivity index (χ0) is 12.3. The summed E-state index contributed by atoms with van der Waals surface area (Å²) in [6.07, 6.45) is 1.06. The van der Waals surface area contributed by atoms with Crippen LogP contribution in [0.2, 0.25) is 0 Å². The Kier molecular flexibility index (Phi) is 3.13. The highest BCUT2D eigenvalue weighted by Crippen LogP contribution is 2.16. The van der Waals surface area contributed by atoms with Crippen LogP contribution >= 0.6 is 0 Å². The molecule has 0 bridgehead atoms. The molecule has 1 amide bonds. The Morgan fingerprint density at radius 3 is 3.06 bits per heavy atom. The van der Waals surface area contributed by atoms with Gasteiger partial charge in [-0.1, -0.05) is 0 Å². The van der Waals surface area contributed by atoms with Crippen LogP contribution in [0.4, 0.5) is 11.6 Å². The lowest BCUT2D eigenvalue weighted by atomic mass is 10.3. The molecule has 0 atom stereocenters. The van der Waals surface area contributed by atoms with Crippen LogP contribution in [-0.4, -0.2) is 22.4 Å². The van der Waals surface area contributed by atoms with Crippen molar-refractivity contribution in [1.82, 2.24) is 9.97 Å². The molecule has 2 aromatic rings. The second kappa shape index (κ2) is 4.73. The smallest absolute Gasteiger partial charge is 0.217 e. The summed E-state index contributed by atoms with van der Waals surface area (Å²) >= 11 is 0. The van der Waals surface area contributed by atoms with Crippen LogP contribution in [0.5, 0.6) is 0 Å². The first kappa shape index (κ1) is 11.3. The molecule has 0 saturated carbocycles. The average Bonchev–Trinajstić information content (AvgIpc) is 2.66. The molecule has 2 rings (SSSR count). The van der Waals surface area contributed by atoms with Crippen LogP contribution in [0.3, 0.4) is 0 Å². The topological polar surface area (TPSA) is 110 Å². The maximum Gasteiger partial charge on any atom is 0.217 e. The molecule has 90 valence electrons. The highest BCUT2D eigenvalue weighted by Gasteiger charge is 2.02. The normalized spacial score (nSPS) is 10.6. The number of nitrogen functional groups attached to an aromatic ring is 1. The lowest BCUT2D eigenvalue weighted by Gasteiger charge is -2.00. The van der Waals surface area contributed by atoms with E-state index >= 15 is 0 Å². The number of nitrogens with one attached hydrogen (secondary N) is 2. The summed E-state index contributed by atoms with van der Waals surface area (Å²) in [5.41, 5.74) is 13.2. The van der Waals surface area contributed by atoms with E-state index in [1.165, 1.54) is 0 Å². The monoisotopic (exact) mass is 233 g/mol. The minimum Gasteiger partial charge on any atom is -0.399 e. The number of H-pyrrole nitrogens is 1. The quantitative estimate of drug-likeness (QED) is 0.452. The molecule has 0 aliphatic rings. The molecule has 17 heavy (non-hydrogen) atoms. The molecule has 0 radical (unpaired) electrons. The van der Waals surface area contributed by atoms with Gasteiger partial charge in [-0.3, -0.25) is 4.79 Å². The van der Waals surface area contributed by atoms with Gasteiger partial charge in [0, 0.05) is 18.7 Å². The number of amides is 1. The number of aromatic amines is 1. The van der Waals surface area contributed by atoms with Crippen molar-refractivity contribution in [3.63, 3.8) is 0 Å². The largest absolute Gasteiger partial charge is 0.399 e. The SMILES string of the molecule is NC(=O)CCCNc1nc2ccc(N)cc2[nH]1. The number of carbonyl (C=O) groups is 1. The van der Waals surface area contributed by atoms with Gasteiger partial charge >= 0.3 is 0 Å². The van der Waals surface area contributed by atoms with Crippen molar-refractivity contribution >= 4 is 28.6 Å². The molecule has 0 aliphatic carbocycles. The van der Waals surface area contributed by atoms with Crippen LogP contribution < -0.4 is 16.8 Å². The predicted molar refractivity (Wildman–Crippen MR) is 67.4 cm³/mol. The standard InChI is InChI=1S/C11H15N5O/c12-7-3-4-8-9(6-7)16-11(15-8)14-5-1-2-10(13)17/h3-4,6H,1-2,5,12H2,(H2,13,17)(H2,14,15,16). The Bertz CT molecular complexity index is 534. The number of hydrogen-bond acceptors (Lipinski definition) is 4. The van der Waals surface area contributed by atoms with Gasteiger partial charge < -0.3 is 21.8 Å². The number of nitrogens with two attached hydrogens (primary N) is 2. The number of aromatic nitrogens is 2. The molecule has 0 spiro atoms. The average molecular weight is 233 g/mol. The summed E-state index contributed by atoms with van der Waals surface area (Å²) in [5, 5.41) is 3.09. The number of anilines is 2. The first-order valence-electron chi connectivity index (χ1n) is 5.42. The molecule has 6 heteroatoms. The molecular formula is C11H15N5O. The van der Waals surface area contributed by atoms with Crippen molar-refractivity contribution in [2.24, 2.45) is 5.73 Å². The van der Waals surface area contributed by atoms with Crippen molar-refractivity contribution < 1.29 is 4.79 Å². The highest BCUT2D eigenvalue weighted by molar-refractivity contribution is 5.80. The van der Waals surface area contributed by atoms with Gasteiger partial charge in [-0.15, -0.1) is 0 Å². The third kappa shape index (κ3) is 2.87. The van der Waals surface area contributed by atoms with E-state index in [0.717, 1.165) is 11.0 Å². The molecule has 1 aromatic carbocycles. The van der Waals surface area contributed by atoms with E-state index in [1.807, 2.05) is 12.1 Å². The lowest BCUT2D eigenvalue weighted by molar-refractivity contribution is -0.118. The first-order valence-corrected chi connectivity index (χ1v) is 5.42. The number of imidazole rings is 1. The number of primary amides is 1. The van der Waals surface area contributed by atoms with Crippen LogP contribution in [0.15, 0.2) is 18.2 Å². The van der Waals surface area contributed by atoms with Gasteiger partial charge in [-0.05, 0) is 24.6 Å². The van der Waals surface area contributed by atoms with E-state index in [4.69, 9.17) is 11.5 Å². The minimum absolute atomic E-state index is 0.288. The molecule has 0 aliphatic heterocycles. The fourth-order valence-electron chi connectivity index (χ4n) is 1.58. The van der Waals surface area contributed by atoms with Gasteiger partial charge in [0.1, 0.15) is 0 Å². The van der Waals surface area contributed by atoms with Crippen molar-refractivity contribution in [2.45, 2.75) is 12.8 Å². The van der Waals surface area contributed by atoms with Crippen molar-refractivity contribution in [3.05, 3.63) is 18.2 Å². The molecule has 0 unspecified atom stereocenters. The number of fused-ring (bicyclic) bond motifs is 1. The Balaban J connectivity index is 1.97. The zero-order valence-electron chi connectivity index (χ0n) is 9.36. The zero-order valence-corrected chi connectivity index (χ0v) is 9.36. The first-order chi connectivity index (χ1) is 8.15. The summed E-state index contributed by atoms with van der Waals surface area (Å²) in [6, 6.07) is 5.49. The molecule has 6 N–H and O–H groups in total. The van der Waals surface area contributed by atoms with E-state index in [9.17, 15) is 4.79 Å². The van der Waals surface area contributed by atoms with Gasteiger partial charge in [0.05, 0.1) is 11.0 Å². The molecule has 6 nitrogen and oxygen atoms in total. The Morgan fingerprint density at radius 1 is 1.47 bits per heavy atom. The second-order valence-electron chi connectivity index (χ2n) is 3.86. The van der Waals surface area contributed by atoms with Gasteiger partial charge in [-0.25, -0.2) is 4.98 Å². The van der Waals surface area contributed by atoms with Crippen molar-refractivity contribution in [3.8, 4) is 0 Å². The molecule has 1 heterocycles. The number of hydrogen-bond donors (Lipinski definition) is 4. The third-order valence-electron chi connectivity index (χ3n) is 2.40. The summed E-state index contributed by atoms with van der Waals surface area (Å²) in [4.78, 5) is 18.0. The van der Waals surface area contributed by atoms with Gasteiger partial charge in [0.25, 0.3) is 0 Å². The fourth-order valence-corrected chi connectivity index (χ4v) is 1.58. The van der Waals surface area contributed by atoms with E-state index in [2.05, 4.69) is 15.3 Å². The number of carbonyl (C=O) groups excluding carboxylic acids is 1. The molecular weight excluding hydrogens is 218 g/mol. The second-order valence-corrected chi connectivity index (χ2v) is 3.86. The van der Waals surface area contributed by atoms with Crippen LogP contribution in [0.1, 0.15) is 12.8 Å². The van der Waals surface area contributed by atoms with Crippen LogP contribution in [0.25, 0.3) is 11.0 Å². The van der Waals surface area contributed by atoms with Crippen LogP contribution in [0, 0.1) is 0 Å². The minimum atomic E-state index is -0.288. The maximum absolute atomic E-state index is 10.5. The van der Waals surface area contributed by atoms with Crippen LogP contribution in [-0.2, 0) is 4.79 Å². The van der Waals surface area contributed by atoms with Gasteiger partial charge in [-0.2, -0.15) is 0 Å². The summed E-state index contributed by atoms with van der Waals surface area (Å²) < 4.78 is 0. The highest BCUT2D eigenvalue weighted by atomic mass is 16.1. The summed E-state index contributed by atoms with van der Waals surface area (Å²) in [6.45, 7) is 0.651. The maximum atomic E-state index is 10.5. The molecule has 0 saturated heterocycles.